The van der Waals surface area contributed by atoms with Crippen molar-refractivity contribution < 1.29 is 13.9 Å². The summed E-state index contributed by atoms with van der Waals surface area (Å²) in [6.45, 7) is 0. The second-order valence-electron chi connectivity index (χ2n) is 4.13. The van der Waals surface area contributed by atoms with Gasteiger partial charge in [-0.05, 0) is 35.8 Å². The van der Waals surface area contributed by atoms with Crippen LogP contribution in [0.2, 0.25) is 0 Å². The van der Waals surface area contributed by atoms with Gasteiger partial charge in [-0.3, -0.25) is 4.79 Å². The van der Waals surface area contributed by atoms with Crippen molar-refractivity contribution in [3.05, 3.63) is 56.9 Å². The summed E-state index contributed by atoms with van der Waals surface area (Å²) in [6, 6.07) is 10.9. The van der Waals surface area contributed by atoms with E-state index < -0.39 is 0 Å². The molecule has 0 aliphatic rings. The maximum absolute atomic E-state index is 12.4. The highest BCUT2D eigenvalue weighted by molar-refractivity contribution is 7.71. The first-order valence-corrected chi connectivity index (χ1v) is 7.18. The highest BCUT2D eigenvalue weighted by Gasteiger charge is 2.15. The van der Waals surface area contributed by atoms with E-state index in [1.807, 2.05) is 23.6 Å². The number of benzene rings is 1. The molecule has 0 aliphatic heterocycles. The molecular formula is C15H10O3S2. The molecule has 1 aromatic carbocycles. The molecule has 3 nitrogen and oxygen atoms in total. The minimum atomic E-state index is -0.113. The van der Waals surface area contributed by atoms with Gasteiger partial charge in [0.25, 0.3) is 0 Å². The van der Waals surface area contributed by atoms with Gasteiger partial charge in [0, 0.05) is 5.39 Å². The van der Waals surface area contributed by atoms with E-state index in [0.29, 0.717) is 21.8 Å². The van der Waals surface area contributed by atoms with Crippen LogP contribution in [0.3, 0.4) is 0 Å². The Balaban J connectivity index is 2.21. The van der Waals surface area contributed by atoms with Gasteiger partial charge in [-0.15, -0.1) is 11.3 Å². The average Bonchev–Trinajstić information content (AvgIpc) is 2.99. The summed E-state index contributed by atoms with van der Waals surface area (Å²) in [5, 5.41) is 2.65. The molecule has 0 radical (unpaired) electrons. The van der Waals surface area contributed by atoms with Gasteiger partial charge < -0.3 is 9.15 Å². The molecule has 20 heavy (non-hydrogen) atoms. The Bertz CT molecular complexity index is 832. The highest BCUT2D eigenvalue weighted by Crippen LogP contribution is 2.28. The Morgan fingerprint density at radius 2 is 2.15 bits per heavy atom. The number of ether oxygens (including phenoxy) is 1. The molecule has 0 spiro atoms. The average molecular weight is 302 g/mol. The molecule has 0 atom stereocenters. The molecule has 0 bridgehead atoms. The first-order chi connectivity index (χ1) is 9.70. The maximum Gasteiger partial charge on any atom is 0.207 e. The number of methoxy groups -OCH3 is 1. The van der Waals surface area contributed by atoms with Crippen molar-refractivity contribution in [2.75, 3.05) is 7.11 Å². The van der Waals surface area contributed by atoms with Crippen LogP contribution in [-0.4, -0.2) is 12.9 Å². The Morgan fingerprint density at radius 1 is 1.30 bits per heavy atom. The van der Waals surface area contributed by atoms with Gasteiger partial charge >= 0.3 is 0 Å². The molecule has 0 fully saturated rings. The van der Waals surface area contributed by atoms with Crippen LogP contribution in [0.4, 0.5) is 0 Å². The Morgan fingerprint density at radius 3 is 2.85 bits per heavy atom. The zero-order valence-electron chi connectivity index (χ0n) is 10.6. The third-order valence-electron chi connectivity index (χ3n) is 2.93. The first-order valence-electron chi connectivity index (χ1n) is 5.90. The lowest BCUT2D eigenvalue weighted by atomic mass is 10.1. The largest absolute Gasteiger partial charge is 0.493 e. The number of para-hydroxylation sites is 1. The predicted molar refractivity (Wildman–Crippen MR) is 81.4 cm³/mol. The van der Waals surface area contributed by atoms with Gasteiger partial charge in [-0.25, -0.2) is 0 Å². The van der Waals surface area contributed by atoms with Gasteiger partial charge in [0.05, 0.1) is 17.6 Å². The van der Waals surface area contributed by atoms with Crippen molar-refractivity contribution in [3.8, 4) is 5.75 Å². The zero-order valence-corrected chi connectivity index (χ0v) is 12.2. The van der Waals surface area contributed by atoms with Crippen LogP contribution in [0, 0.1) is 4.71 Å². The van der Waals surface area contributed by atoms with E-state index in [1.54, 1.807) is 25.3 Å². The number of hydrogen-bond donors (Lipinski definition) is 0. The van der Waals surface area contributed by atoms with E-state index >= 15 is 0 Å². The summed E-state index contributed by atoms with van der Waals surface area (Å²) in [7, 11) is 1.57. The molecule has 2 aromatic heterocycles. The molecule has 100 valence electrons. The molecule has 0 N–H and O–H groups in total. The second kappa shape index (κ2) is 5.19. The number of fused-ring (bicyclic) bond motifs is 1. The van der Waals surface area contributed by atoms with Crippen LogP contribution in [0.5, 0.6) is 5.75 Å². The third kappa shape index (κ3) is 2.15. The summed E-state index contributed by atoms with van der Waals surface area (Å²) < 4.78 is 11.0. The molecule has 3 rings (SSSR count). The quantitative estimate of drug-likeness (QED) is 0.529. The molecule has 0 aliphatic carbocycles. The van der Waals surface area contributed by atoms with Crippen molar-refractivity contribution >= 4 is 40.3 Å². The van der Waals surface area contributed by atoms with Gasteiger partial charge in [0.15, 0.2) is 11.3 Å². The van der Waals surface area contributed by atoms with Crippen LogP contribution in [0.15, 0.2) is 46.2 Å². The number of hydrogen-bond acceptors (Lipinski definition) is 5. The van der Waals surface area contributed by atoms with Gasteiger partial charge in [-0.1, -0.05) is 18.2 Å². The van der Waals surface area contributed by atoms with Crippen LogP contribution in [0.1, 0.15) is 15.2 Å². The Labute approximate surface area is 124 Å². The number of ketones is 1. The van der Waals surface area contributed by atoms with Gasteiger partial charge in [0.1, 0.15) is 0 Å². The van der Waals surface area contributed by atoms with E-state index in [1.165, 1.54) is 11.3 Å². The first kappa shape index (κ1) is 13.0. The lowest BCUT2D eigenvalue weighted by Gasteiger charge is -2.05. The fourth-order valence-corrected chi connectivity index (χ4v) is 2.89. The van der Waals surface area contributed by atoms with Crippen LogP contribution >= 0.6 is 23.6 Å². The van der Waals surface area contributed by atoms with Crippen molar-refractivity contribution in [1.82, 2.24) is 0 Å². The third-order valence-corrected chi connectivity index (χ3v) is 4.11. The van der Waals surface area contributed by atoms with E-state index in [4.69, 9.17) is 21.4 Å². The number of thiophene rings is 1. The lowest BCUT2D eigenvalue weighted by molar-refractivity contribution is 0.104. The van der Waals surface area contributed by atoms with Gasteiger partial charge in [0.2, 0.25) is 10.5 Å². The second-order valence-corrected chi connectivity index (χ2v) is 5.45. The molecule has 2 heterocycles. The summed E-state index contributed by atoms with van der Waals surface area (Å²) in [5.41, 5.74) is 0.964. The van der Waals surface area contributed by atoms with Crippen LogP contribution in [0.25, 0.3) is 11.0 Å². The summed E-state index contributed by atoms with van der Waals surface area (Å²) >= 11 is 6.58. The fraction of sp³-hybridized carbons (Fsp3) is 0.0667. The Hall–Kier alpha value is -1.98. The standard InChI is InChI=1S/C15H10O3S2/c1-17-11-5-2-4-9-8-10(15(19)18-14(9)11)13(16)12-6-3-7-20-12/h2-8H,1H3. The number of carbonyl (C=O) groups is 1. The topological polar surface area (TPSA) is 39.4 Å². The van der Waals surface area contributed by atoms with Crippen molar-refractivity contribution in [2.45, 2.75) is 0 Å². The van der Waals surface area contributed by atoms with Crippen LogP contribution in [-0.2, 0) is 0 Å². The molecular weight excluding hydrogens is 292 g/mol. The van der Waals surface area contributed by atoms with Crippen molar-refractivity contribution in [3.63, 3.8) is 0 Å². The molecule has 5 heteroatoms. The monoisotopic (exact) mass is 302 g/mol. The number of rotatable bonds is 3. The summed E-state index contributed by atoms with van der Waals surface area (Å²) in [4.78, 5) is 13.0. The SMILES string of the molecule is COc1cccc2cc(C(=O)c3cccs3)c(=S)oc12. The lowest BCUT2D eigenvalue weighted by Crippen LogP contribution is -2.00. The smallest absolute Gasteiger partial charge is 0.207 e. The maximum atomic E-state index is 12.4. The molecule has 0 unspecified atom stereocenters. The normalized spacial score (nSPS) is 10.7. The minimum Gasteiger partial charge on any atom is -0.493 e. The molecule has 0 amide bonds. The van der Waals surface area contributed by atoms with E-state index in [2.05, 4.69) is 0 Å². The summed E-state index contributed by atoms with van der Waals surface area (Å²) in [5.74, 6) is 0.488. The van der Waals surface area contributed by atoms with Crippen LogP contribution < -0.4 is 4.74 Å². The fourth-order valence-electron chi connectivity index (χ4n) is 1.98. The molecule has 0 saturated heterocycles. The number of carbonyl (C=O) groups excluding carboxylic acids is 1. The minimum absolute atomic E-state index is 0.113. The van der Waals surface area contributed by atoms with Crippen molar-refractivity contribution in [1.29, 1.82) is 0 Å². The van der Waals surface area contributed by atoms with Gasteiger partial charge in [-0.2, -0.15) is 0 Å². The van der Waals surface area contributed by atoms with Crippen molar-refractivity contribution in [2.24, 2.45) is 0 Å². The molecule has 0 saturated carbocycles. The van der Waals surface area contributed by atoms with E-state index in [0.717, 1.165) is 5.39 Å². The highest BCUT2D eigenvalue weighted by atomic mass is 32.1. The summed E-state index contributed by atoms with van der Waals surface area (Å²) in [6.07, 6.45) is 0. The predicted octanol–water partition coefficient (Wildman–Crippen LogP) is 4.46. The van der Waals surface area contributed by atoms with E-state index in [9.17, 15) is 4.79 Å². The molecule has 3 aromatic rings. The zero-order chi connectivity index (χ0) is 14.1. The van der Waals surface area contributed by atoms with E-state index in [-0.39, 0.29) is 10.5 Å². The Kier molecular flexibility index (Phi) is 3.38.